The number of rotatable bonds is 6. The van der Waals surface area contributed by atoms with Crippen LogP contribution < -0.4 is 0 Å². The van der Waals surface area contributed by atoms with Gasteiger partial charge < -0.3 is 9.68 Å². The van der Waals surface area contributed by atoms with Gasteiger partial charge in [-0.1, -0.05) is 60.7 Å². The molecule has 2 atom stereocenters. The normalized spacial score (nSPS) is 13.9. The van der Waals surface area contributed by atoms with Gasteiger partial charge >= 0.3 is 0 Å². The molecule has 4 heteroatoms. The van der Waals surface area contributed by atoms with Crippen molar-refractivity contribution >= 4 is 0 Å². The van der Waals surface area contributed by atoms with Gasteiger partial charge in [0.15, 0.2) is 12.2 Å². The zero-order chi connectivity index (χ0) is 14.2. The van der Waals surface area contributed by atoms with E-state index in [0.717, 1.165) is 11.1 Å². The monoisotopic (exact) mass is 270 g/mol. The molecule has 20 heavy (non-hydrogen) atoms. The Morgan fingerprint density at radius 1 is 0.650 bits per heavy atom. The summed E-state index contributed by atoms with van der Waals surface area (Å²) in [6.45, 7) is 3.82. The van der Waals surface area contributed by atoms with E-state index in [4.69, 9.17) is 9.68 Å². The van der Waals surface area contributed by atoms with Gasteiger partial charge in [-0.05, 0) is 25.0 Å². The van der Waals surface area contributed by atoms with Crippen LogP contribution in [-0.4, -0.2) is 0 Å². The van der Waals surface area contributed by atoms with Gasteiger partial charge in [-0.3, -0.25) is 0 Å². The summed E-state index contributed by atoms with van der Waals surface area (Å²) in [5, 5.41) is 7.23. The van der Waals surface area contributed by atoms with Crippen molar-refractivity contribution in [3.05, 3.63) is 71.8 Å². The molecule has 2 aromatic carbocycles. The molecule has 0 fully saturated rings. The Hall–Kier alpha value is -2.36. The van der Waals surface area contributed by atoms with E-state index in [2.05, 4.69) is 10.6 Å². The van der Waals surface area contributed by atoms with E-state index in [-0.39, 0.29) is 12.2 Å². The van der Waals surface area contributed by atoms with Gasteiger partial charge in [-0.2, -0.15) is 0 Å². The van der Waals surface area contributed by atoms with Crippen molar-refractivity contribution in [3.8, 4) is 0 Å². The van der Waals surface area contributed by atoms with Crippen LogP contribution in [0.2, 0.25) is 0 Å². The van der Waals surface area contributed by atoms with Crippen LogP contribution in [0.4, 0.5) is 0 Å². The maximum atomic E-state index is 5.25. The van der Waals surface area contributed by atoms with Crippen LogP contribution in [0.5, 0.6) is 0 Å². The quantitative estimate of drug-likeness (QED) is 0.557. The molecule has 0 amide bonds. The van der Waals surface area contributed by atoms with Crippen LogP contribution in [0.1, 0.15) is 37.2 Å². The Kier molecular flexibility index (Phi) is 5.12. The standard InChI is InChI=1S/C16H18N2O2/c1-13(15-9-5-3-6-10-15)19-17-18-20-14(2)16-11-7-4-8-12-16/h3-14H,1-2H3/b18-17+. The van der Waals surface area contributed by atoms with Crippen LogP contribution in [0, 0.1) is 0 Å². The molecule has 0 spiro atoms. The highest BCUT2D eigenvalue weighted by atomic mass is 16.7. The molecular weight excluding hydrogens is 252 g/mol. The van der Waals surface area contributed by atoms with Gasteiger partial charge in [0.05, 0.1) is 10.6 Å². The summed E-state index contributed by atoms with van der Waals surface area (Å²) in [6, 6.07) is 19.7. The third-order valence-electron chi connectivity index (χ3n) is 2.98. The number of benzene rings is 2. The van der Waals surface area contributed by atoms with Gasteiger partial charge in [0.1, 0.15) is 0 Å². The first-order valence-corrected chi connectivity index (χ1v) is 6.59. The lowest BCUT2D eigenvalue weighted by atomic mass is 10.1. The Bertz CT molecular complexity index is 479. The second-order valence-corrected chi connectivity index (χ2v) is 4.48. The molecule has 0 saturated heterocycles. The molecule has 0 N–H and O–H groups in total. The van der Waals surface area contributed by atoms with E-state index in [1.165, 1.54) is 0 Å². The average Bonchev–Trinajstić information content (AvgIpc) is 2.53. The summed E-state index contributed by atoms with van der Waals surface area (Å²) >= 11 is 0. The van der Waals surface area contributed by atoms with Gasteiger partial charge in [-0.25, -0.2) is 0 Å². The predicted octanol–water partition coefficient (Wildman–Crippen LogP) is 4.82. The molecular formula is C16H18N2O2. The minimum Gasteiger partial charge on any atom is -0.369 e. The van der Waals surface area contributed by atoms with E-state index in [1.807, 2.05) is 74.5 Å². The van der Waals surface area contributed by atoms with Crippen LogP contribution in [0.25, 0.3) is 0 Å². The second-order valence-electron chi connectivity index (χ2n) is 4.48. The van der Waals surface area contributed by atoms with Crippen LogP contribution >= 0.6 is 0 Å². The van der Waals surface area contributed by atoms with Crippen molar-refractivity contribution in [2.24, 2.45) is 10.6 Å². The summed E-state index contributed by atoms with van der Waals surface area (Å²) in [6.07, 6.45) is -0.314. The van der Waals surface area contributed by atoms with Crippen LogP contribution in [0.15, 0.2) is 71.2 Å². The highest BCUT2D eigenvalue weighted by Gasteiger charge is 2.06. The summed E-state index contributed by atoms with van der Waals surface area (Å²) in [5.41, 5.74) is 2.09. The first-order valence-electron chi connectivity index (χ1n) is 6.59. The molecule has 0 aliphatic carbocycles. The number of hydrogen-bond donors (Lipinski definition) is 0. The fourth-order valence-electron chi connectivity index (χ4n) is 1.75. The highest BCUT2D eigenvalue weighted by Crippen LogP contribution is 2.18. The van der Waals surface area contributed by atoms with E-state index < -0.39 is 0 Å². The van der Waals surface area contributed by atoms with Gasteiger partial charge in [0.25, 0.3) is 0 Å². The lowest BCUT2D eigenvalue weighted by Gasteiger charge is -2.10. The molecule has 2 rings (SSSR count). The molecule has 0 aliphatic rings. The third kappa shape index (κ3) is 4.09. The Labute approximate surface area is 119 Å². The molecule has 0 saturated carbocycles. The first-order chi connectivity index (χ1) is 9.77. The van der Waals surface area contributed by atoms with E-state index >= 15 is 0 Å². The third-order valence-corrected chi connectivity index (χ3v) is 2.98. The fraction of sp³-hybridized carbons (Fsp3) is 0.250. The SMILES string of the molecule is CC(O/N=N/OC(C)c1ccccc1)c1ccccc1. The van der Waals surface area contributed by atoms with Crippen molar-refractivity contribution in [3.63, 3.8) is 0 Å². The lowest BCUT2D eigenvalue weighted by molar-refractivity contribution is -0.0194. The molecule has 4 nitrogen and oxygen atoms in total. The van der Waals surface area contributed by atoms with Crippen LogP contribution in [-0.2, 0) is 9.68 Å². The van der Waals surface area contributed by atoms with E-state index in [1.54, 1.807) is 0 Å². The molecule has 0 aliphatic heterocycles. The number of nitrogens with zero attached hydrogens (tertiary/aromatic N) is 2. The summed E-state index contributed by atoms with van der Waals surface area (Å²) in [4.78, 5) is 10.5. The summed E-state index contributed by atoms with van der Waals surface area (Å²) in [5.74, 6) is 0. The Morgan fingerprint density at radius 2 is 1.00 bits per heavy atom. The maximum Gasteiger partial charge on any atom is 0.151 e. The zero-order valence-electron chi connectivity index (χ0n) is 11.6. The van der Waals surface area contributed by atoms with Crippen molar-refractivity contribution in [1.82, 2.24) is 0 Å². The number of hydrogen-bond acceptors (Lipinski definition) is 4. The Balaban J connectivity index is 1.80. The van der Waals surface area contributed by atoms with E-state index in [0.29, 0.717) is 0 Å². The first kappa shape index (κ1) is 14.1. The topological polar surface area (TPSA) is 43.2 Å². The van der Waals surface area contributed by atoms with Gasteiger partial charge in [0.2, 0.25) is 0 Å². The van der Waals surface area contributed by atoms with Gasteiger partial charge in [0, 0.05) is 0 Å². The van der Waals surface area contributed by atoms with Gasteiger partial charge in [-0.15, -0.1) is 0 Å². The highest BCUT2D eigenvalue weighted by molar-refractivity contribution is 5.17. The smallest absolute Gasteiger partial charge is 0.151 e. The molecule has 0 heterocycles. The van der Waals surface area contributed by atoms with Crippen molar-refractivity contribution in [1.29, 1.82) is 0 Å². The molecule has 0 radical (unpaired) electrons. The van der Waals surface area contributed by atoms with Crippen molar-refractivity contribution < 1.29 is 9.68 Å². The maximum absolute atomic E-state index is 5.25. The molecule has 0 aromatic heterocycles. The fourth-order valence-corrected chi connectivity index (χ4v) is 1.75. The minimum atomic E-state index is -0.157. The Morgan fingerprint density at radius 3 is 1.35 bits per heavy atom. The summed E-state index contributed by atoms with van der Waals surface area (Å²) in [7, 11) is 0. The molecule has 104 valence electrons. The van der Waals surface area contributed by atoms with E-state index in [9.17, 15) is 0 Å². The predicted molar refractivity (Wildman–Crippen MR) is 76.7 cm³/mol. The zero-order valence-corrected chi connectivity index (χ0v) is 11.6. The lowest BCUT2D eigenvalue weighted by Crippen LogP contribution is -1.96. The molecule has 2 aromatic rings. The minimum absolute atomic E-state index is 0.157. The summed E-state index contributed by atoms with van der Waals surface area (Å²) < 4.78 is 0. The van der Waals surface area contributed by atoms with Crippen LogP contribution in [0.3, 0.4) is 0 Å². The largest absolute Gasteiger partial charge is 0.369 e. The molecule has 2 unspecified atom stereocenters. The molecule has 0 bridgehead atoms. The second kappa shape index (κ2) is 7.28. The van der Waals surface area contributed by atoms with Crippen molar-refractivity contribution in [2.45, 2.75) is 26.1 Å². The van der Waals surface area contributed by atoms with Crippen molar-refractivity contribution in [2.75, 3.05) is 0 Å². The average molecular weight is 270 g/mol.